The van der Waals surface area contributed by atoms with Crippen molar-refractivity contribution in [2.45, 2.75) is 63.1 Å². The van der Waals surface area contributed by atoms with E-state index in [1.54, 1.807) is 26.8 Å². The minimum Gasteiger partial charge on any atom is -0.444 e. The van der Waals surface area contributed by atoms with Gasteiger partial charge >= 0.3 is 6.09 Å². The molecule has 2 aliphatic rings. The average Bonchev–Trinajstić information content (AvgIpc) is 3.34. The largest absolute Gasteiger partial charge is 0.444 e. The summed E-state index contributed by atoms with van der Waals surface area (Å²) < 4.78 is 50.1. The van der Waals surface area contributed by atoms with Crippen LogP contribution in [0.25, 0.3) is 0 Å². The Bertz CT molecular complexity index is 883. The minimum absolute atomic E-state index is 0.179. The third-order valence-corrected chi connectivity index (χ3v) is 5.65. The van der Waals surface area contributed by atoms with Gasteiger partial charge < -0.3 is 14.5 Å². The van der Waals surface area contributed by atoms with E-state index in [1.807, 2.05) is 0 Å². The van der Waals surface area contributed by atoms with E-state index in [9.17, 15) is 9.18 Å². The van der Waals surface area contributed by atoms with Crippen LogP contribution in [0.3, 0.4) is 0 Å². The third kappa shape index (κ3) is 3.59. The van der Waals surface area contributed by atoms with Crippen molar-refractivity contribution in [3.63, 3.8) is 0 Å². The summed E-state index contributed by atoms with van der Waals surface area (Å²) in [5.74, 6) is -4.44. The fourth-order valence-electron chi connectivity index (χ4n) is 3.98. The molecule has 1 aromatic rings. The molecule has 158 valence electrons. The first-order chi connectivity index (χ1) is 13.3. The van der Waals surface area contributed by atoms with Gasteiger partial charge in [-0.05, 0) is 39.7 Å². The second-order valence-electron chi connectivity index (χ2n) is 8.46. The number of nitriles is 1. The van der Waals surface area contributed by atoms with Gasteiger partial charge in [0.25, 0.3) is 5.92 Å². The molecule has 1 amide bonds. The van der Waals surface area contributed by atoms with Crippen LogP contribution in [0.5, 0.6) is 0 Å². The molecule has 2 unspecified atom stereocenters. The Hall–Kier alpha value is -2.21. The number of alkyl halides is 2. The van der Waals surface area contributed by atoms with Gasteiger partial charge in [0.05, 0.1) is 18.2 Å². The fourth-order valence-corrected chi connectivity index (χ4v) is 4.16. The molecule has 3 rings (SSSR count). The molecule has 1 spiro atoms. The van der Waals surface area contributed by atoms with Crippen molar-refractivity contribution >= 4 is 23.5 Å². The van der Waals surface area contributed by atoms with Gasteiger partial charge in [0.15, 0.2) is 11.6 Å². The number of anilines is 1. The van der Waals surface area contributed by atoms with Gasteiger partial charge in [0.2, 0.25) is 0 Å². The van der Waals surface area contributed by atoms with E-state index in [0.29, 0.717) is 6.42 Å². The summed E-state index contributed by atoms with van der Waals surface area (Å²) in [6.45, 7) is 4.87. The van der Waals surface area contributed by atoms with E-state index in [0.717, 1.165) is 11.0 Å². The molecule has 1 saturated carbocycles. The zero-order chi connectivity index (χ0) is 21.8. The van der Waals surface area contributed by atoms with Gasteiger partial charge in [-0.2, -0.15) is 5.26 Å². The maximum absolute atomic E-state index is 15.1. The third-order valence-electron chi connectivity index (χ3n) is 5.37. The molecule has 0 bridgehead atoms. The number of aromatic nitrogens is 1. The predicted molar refractivity (Wildman–Crippen MR) is 101 cm³/mol. The van der Waals surface area contributed by atoms with Crippen LogP contribution in [-0.2, 0) is 4.74 Å². The summed E-state index contributed by atoms with van der Waals surface area (Å²) in [4.78, 5) is 18.7. The summed E-state index contributed by atoms with van der Waals surface area (Å²) in [6.07, 6.45) is -0.580. The molecule has 0 aromatic carbocycles. The zero-order valence-electron chi connectivity index (χ0n) is 16.6. The number of nitrogens with zero attached hydrogens (tertiary/aromatic N) is 4. The van der Waals surface area contributed by atoms with E-state index >= 15 is 8.78 Å². The molecule has 2 heterocycles. The zero-order valence-corrected chi connectivity index (χ0v) is 17.4. The molecule has 1 saturated heterocycles. The first kappa shape index (κ1) is 21.5. The Kier molecular flexibility index (Phi) is 5.14. The minimum atomic E-state index is -3.18. The Balaban J connectivity index is 1.98. The lowest BCUT2D eigenvalue weighted by molar-refractivity contribution is -0.0911. The Labute approximate surface area is 172 Å². The Morgan fingerprint density at radius 2 is 2.14 bits per heavy atom. The average molecular weight is 431 g/mol. The molecule has 10 heteroatoms. The van der Waals surface area contributed by atoms with Crippen LogP contribution in [0.15, 0.2) is 6.07 Å². The summed E-state index contributed by atoms with van der Waals surface area (Å²) in [5.41, 5.74) is -2.77. The highest BCUT2D eigenvalue weighted by Gasteiger charge is 2.75. The number of ether oxygens (including phenoxy) is 1. The Morgan fingerprint density at radius 1 is 1.48 bits per heavy atom. The molecule has 1 aromatic heterocycles. The van der Waals surface area contributed by atoms with Gasteiger partial charge in [-0.25, -0.2) is 22.9 Å². The van der Waals surface area contributed by atoms with E-state index in [4.69, 9.17) is 21.6 Å². The quantitative estimate of drug-likeness (QED) is 0.515. The highest BCUT2D eigenvalue weighted by molar-refractivity contribution is 6.30. The summed E-state index contributed by atoms with van der Waals surface area (Å²) in [6, 6.07) is 1.68. The molecule has 29 heavy (non-hydrogen) atoms. The first-order valence-electron chi connectivity index (χ1n) is 9.21. The van der Waals surface area contributed by atoms with Crippen LogP contribution in [0.1, 0.15) is 45.6 Å². The van der Waals surface area contributed by atoms with Crippen molar-refractivity contribution < 1.29 is 22.7 Å². The molecule has 1 aliphatic heterocycles. The number of halogens is 4. The van der Waals surface area contributed by atoms with Crippen LogP contribution in [-0.4, -0.2) is 52.7 Å². The van der Waals surface area contributed by atoms with E-state index in [1.165, 1.54) is 11.9 Å². The number of likely N-dealkylation sites (N-methyl/N-ethyl adjacent to an activating group) is 1. The maximum Gasteiger partial charge on any atom is 0.410 e. The SMILES string of the molecule is CN(C(=O)OC(C)(C)C)C1CCCC(F)(F)C12CN2c1nc(Cl)c(C#N)cc1F. The molecule has 2 atom stereocenters. The van der Waals surface area contributed by atoms with Gasteiger partial charge in [-0.3, -0.25) is 0 Å². The lowest BCUT2D eigenvalue weighted by Gasteiger charge is -2.43. The summed E-state index contributed by atoms with van der Waals surface area (Å²) in [5, 5.41) is 8.69. The summed E-state index contributed by atoms with van der Waals surface area (Å²) >= 11 is 5.89. The van der Waals surface area contributed by atoms with Gasteiger partial charge in [0.1, 0.15) is 22.4 Å². The standard InChI is InChI=1S/C19H22ClF3N4O2/c1-17(2,3)29-16(28)26(4)13-6-5-7-19(22,23)18(13)10-27(18)15-12(21)8-11(9-24)14(20)25-15/h8,13H,5-7,10H2,1-4H3. The maximum atomic E-state index is 15.1. The topological polar surface area (TPSA) is 69.2 Å². The van der Waals surface area contributed by atoms with Crippen molar-refractivity contribution in [3.8, 4) is 6.07 Å². The number of hydrogen-bond acceptors (Lipinski definition) is 5. The van der Waals surface area contributed by atoms with Crippen LogP contribution in [0.4, 0.5) is 23.8 Å². The molecule has 6 nitrogen and oxygen atoms in total. The number of carbonyl (C=O) groups excluding carboxylic acids is 1. The number of rotatable bonds is 2. The van der Waals surface area contributed by atoms with Crippen molar-refractivity contribution in [3.05, 3.63) is 22.6 Å². The molecular weight excluding hydrogens is 409 g/mol. The highest BCUT2D eigenvalue weighted by Crippen LogP contribution is 2.57. The second kappa shape index (κ2) is 6.94. The first-order valence-corrected chi connectivity index (χ1v) is 9.59. The molecule has 0 radical (unpaired) electrons. The van der Waals surface area contributed by atoms with Gasteiger partial charge in [0, 0.05) is 13.5 Å². The van der Waals surface area contributed by atoms with Crippen molar-refractivity contribution in [2.24, 2.45) is 0 Å². The highest BCUT2D eigenvalue weighted by atomic mass is 35.5. The fraction of sp³-hybridized carbons (Fsp3) is 0.632. The summed E-state index contributed by atoms with van der Waals surface area (Å²) in [7, 11) is 1.41. The van der Waals surface area contributed by atoms with Crippen molar-refractivity contribution in [1.29, 1.82) is 5.26 Å². The number of carbonyl (C=O) groups is 1. The molecular formula is C19H22ClF3N4O2. The lowest BCUT2D eigenvalue weighted by atomic mass is 9.79. The monoisotopic (exact) mass is 430 g/mol. The van der Waals surface area contributed by atoms with Gasteiger partial charge in [-0.1, -0.05) is 11.6 Å². The Morgan fingerprint density at radius 3 is 2.72 bits per heavy atom. The smallest absolute Gasteiger partial charge is 0.410 e. The van der Waals surface area contributed by atoms with Crippen LogP contribution >= 0.6 is 11.6 Å². The van der Waals surface area contributed by atoms with Crippen molar-refractivity contribution in [1.82, 2.24) is 9.88 Å². The van der Waals surface area contributed by atoms with E-state index < -0.39 is 35.0 Å². The molecule has 1 aliphatic carbocycles. The predicted octanol–water partition coefficient (Wildman–Crippen LogP) is 4.36. The van der Waals surface area contributed by atoms with E-state index in [-0.39, 0.29) is 35.9 Å². The van der Waals surface area contributed by atoms with Crippen molar-refractivity contribution in [2.75, 3.05) is 18.5 Å². The molecule has 2 fully saturated rings. The molecule has 0 N–H and O–H groups in total. The van der Waals surface area contributed by atoms with Crippen LogP contribution < -0.4 is 4.90 Å². The number of amides is 1. The number of pyridine rings is 1. The van der Waals surface area contributed by atoms with Crippen LogP contribution in [0.2, 0.25) is 5.15 Å². The second-order valence-corrected chi connectivity index (χ2v) is 8.82. The van der Waals surface area contributed by atoms with E-state index in [2.05, 4.69) is 4.98 Å². The normalized spacial score (nSPS) is 25.5. The lowest BCUT2D eigenvalue weighted by Crippen LogP contribution is -2.60. The van der Waals surface area contributed by atoms with Gasteiger partial charge in [-0.15, -0.1) is 0 Å². The number of hydrogen-bond donors (Lipinski definition) is 0. The van der Waals surface area contributed by atoms with Crippen LogP contribution in [0, 0.1) is 17.1 Å².